The predicted octanol–water partition coefficient (Wildman–Crippen LogP) is 8.43. The monoisotopic (exact) mass is 687 g/mol. The van der Waals surface area contributed by atoms with Crippen molar-refractivity contribution in [3.05, 3.63) is 0 Å². The zero-order valence-electron chi connectivity index (χ0n) is 31.6. The van der Waals surface area contributed by atoms with Crippen LogP contribution in [0.15, 0.2) is 0 Å². The maximum absolute atomic E-state index is 12.5. The molecule has 0 bridgehead atoms. The molecule has 0 radical (unpaired) electrons. The molecule has 1 fully saturated rings. The average molecular weight is 687 g/mol. The Morgan fingerprint density at radius 3 is 1.56 bits per heavy atom. The average Bonchev–Trinajstić information content (AvgIpc) is 3.26. The minimum absolute atomic E-state index is 0.0901. The van der Waals surface area contributed by atoms with E-state index >= 15 is 0 Å². The summed E-state index contributed by atoms with van der Waals surface area (Å²) in [6.07, 6.45) is 20.8. The van der Waals surface area contributed by atoms with Crippen LogP contribution in [0.4, 0.5) is 0 Å². The van der Waals surface area contributed by atoms with Crippen LogP contribution in [-0.4, -0.2) is 82.8 Å². The van der Waals surface area contributed by atoms with Gasteiger partial charge in [-0.2, -0.15) is 0 Å². The minimum Gasteiger partial charge on any atom is -0.457 e. The summed E-state index contributed by atoms with van der Waals surface area (Å²) in [7, 11) is 0. The Labute approximate surface area is 295 Å². The molecule has 0 unspecified atom stereocenters. The Morgan fingerprint density at radius 2 is 1.00 bits per heavy atom. The van der Waals surface area contributed by atoms with Gasteiger partial charge in [0.25, 0.3) is 0 Å². The first-order valence-electron chi connectivity index (χ1n) is 20.3. The van der Waals surface area contributed by atoms with Crippen molar-refractivity contribution in [2.45, 2.75) is 218 Å². The SMILES string of the molecule is CCCCCC[C@H](C)CCCCCCCCCOC[C@H](O)CO[C@@H]1[C@@H](O)[C@H](O)[C@@H](O)[C@@H]1OC(=O)CCCCCCC[C@H](C)CCCCC. The molecular formula is C40H78O8. The molecular weight excluding hydrogens is 608 g/mol. The van der Waals surface area contributed by atoms with E-state index in [-0.39, 0.29) is 19.6 Å². The maximum Gasteiger partial charge on any atom is 0.306 e. The molecule has 0 saturated heterocycles. The van der Waals surface area contributed by atoms with Crippen LogP contribution in [0.2, 0.25) is 0 Å². The second-order valence-corrected chi connectivity index (χ2v) is 15.1. The summed E-state index contributed by atoms with van der Waals surface area (Å²) >= 11 is 0. The largest absolute Gasteiger partial charge is 0.457 e. The lowest BCUT2D eigenvalue weighted by Crippen LogP contribution is -2.41. The molecule has 0 spiro atoms. The number of hydrogen-bond donors (Lipinski definition) is 4. The number of hydrogen-bond acceptors (Lipinski definition) is 8. The van der Waals surface area contributed by atoms with Crippen molar-refractivity contribution in [3.63, 3.8) is 0 Å². The summed E-state index contributed by atoms with van der Waals surface area (Å²) in [6.45, 7) is 9.73. The van der Waals surface area contributed by atoms with Gasteiger partial charge in [-0.15, -0.1) is 0 Å². The number of carbonyl (C=O) groups is 1. The molecule has 1 aliphatic carbocycles. The van der Waals surface area contributed by atoms with Crippen molar-refractivity contribution < 1.29 is 39.4 Å². The Kier molecular flexibility index (Phi) is 28.2. The fourth-order valence-corrected chi connectivity index (χ4v) is 6.83. The number of rotatable bonds is 33. The molecule has 8 heteroatoms. The van der Waals surface area contributed by atoms with Gasteiger partial charge in [0.15, 0.2) is 6.10 Å². The topological polar surface area (TPSA) is 126 Å². The first-order valence-corrected chi connectivity index (χ1v) is 20.3. The second-order valence-electron chi connectivity index (χ2n) is 15.1. The summed E-state index contributed by atoms with van der Waals surface area (Å²) in [6, 6.07) is 0. The molecule has 1 rings (SSSR count). The molecule has 8 nitrogen and oxygen atoms in total. The number of ether oxygens (including phenoxy) is 3. The van der Waals surface area contributed by atoms with E-state index in [4.69, 9.17) is 14.2 Å². The summed E-state index contributed by atoms with van der Waals surface area (Å²) in [5, 5.41) is 41.4. The first-order chi connectivity index (χ1) is 23.2. The number of carbonyl (C=O) groups excluding carboxylic acids is 1. The standard InChI is InChI=1S/C40H78O8/c1-5-7-9-19-25-33(4)27-20-14-11-10-12-17-23-29-46-30-34(41)31-47-39-37(44)36(43)38(45)40(39)48-35(42)28-22-16-13-15-21-26-32(3)24-18-8-6-2/h32-34,36-41,43-45H,5-31H2,1-4H3/t32-,33+,34+,36+,37+,38-,39-,40+/m1/s1. The third kappa shape index (κ3) is 22.1. The fraction of sp³-hybridized carbons (Fsp3) is 0.975. The van der Waals surface area contributed by atoms with E-state index in [1.165, 1.54) is 109 Å². The highest BCUT2D eigenvalue weighted by Crippen LogP contribution is 2.28. The molecule has 1 aliphatic rings. The van der Waals surface area contributed by atoms with Crippen molar-refractivity contribution in [3.8, 4) is 0 Å². The Balaban J connectivity index is 2.12. The van der Waals surface area contributed by atoms with Crippen molar-refractivity contribution in [1.82, 2.24) is 0 Å². The van der Waals surface area contributed by atoms with Gasteiger partial charge in [-0.05, 0) is 24.7 Å². The summed E-state index contributed by atoms with van der Waals surface area (Å²) in [5.41, 5.74) is 0. The van der Waals surface area contributed by atoms with E-state index in [1.54, 1.807) is 0 Å². The van der Waals surface area contributed by atoms with Crippen molar-refractivity contribution >= 4 is 5.97 Å². The smallest absolute Gasteiger partial charge is 0.306 e. The minimum atomic E-state index is -1.49. The lowest BCUT2D eigenvalue weighted by molar-refractivity contribution is -0.168. The van der Waals surface area contributed by atoms with E-state index in [0.29, 0.717) is 13.0 Å². The zero-order chi connectivity index (χ0) is 35.4. The number of unbranched alkanes of at least 4 members (excludes halogenated alkanes) is 15. The van der Waals surface area contributed by atoms with Crippen LogP contribution < -0.4 is 0 Å². The molecule has 0 amide bonds. The molecule has 8 atom stereocenters. The van der Waals surface area contributed by atoms with E-state index in [9.17, 15) is 25.2 Å². The van der Waals surface area contributed by atoms with E-state index in [2.05, 4.69) is 27.7 Å². The lowest BCUT2D eigenvalue weighted by atomic mass is 9.96. The summed E-state index contributed by atoms with van der Waals surface area (Å²) < 4.78 is 16.8. The molecule has 0 aliphatic heterocycles. The van der Waals surface area contributed by atoms with Crippen molar-refractivity contribution in [2.75, 3.05) is 19.8 Å². The third-order valence-corrected chi connectivity index (χ3v) is 10.2. The van der Waals surface area contributed by atoms with Crippen LogP contribution in [-0.2, 0) is 19.0 Å². The van der Waals surface area contributed by atoms with Gasteiger partial charge in [0.05, 0.1) is 13.2 Å². The molecule has 0 heterocycles. The highest BCUT2D eigenvalue weighted by Gasteiger charge is 2.52. The summed E-state index contributed by atoms with van der Waals surface area (Å²) in [4.78, 5) is 12.5. The highest BCUT2D eigenvalue weighted by atomic mass is 16.6. The highest BCUT2D eigenvalue weighted by molar-refractivity contribution is 5.69. The fourth-order valence-electron chi connectivity index (χ4n) is 6.83. The van der Waals surface area contributed by atoms with Crippen LogP contribution in [0.1, 0.15) is 182 Å². The van der Waals surface area contributed by atoms with Gasteiger partial charge in [-0.3, -0.25) is 4.79 Å². The molecule has 1 saturated carbocycles. The molecule has 4 N–H and O–H groups in total. The lowest BCUT2D eigenvalue weighted by Gasteiger charge is -2.24. The Hall–Kier alpha value is -0.770. The Bertz CT molecular complexity index is 736. The van der Waals surface area contributed by atoms with Gasteiger partial charge in [0, 0.05) is 13.0 Å². The van der Waals surface area contributed by atoms with Gasteiger partial charge in [-0.25, -0.2) is 0 Å². The first kappa shape index (κ1) is 45.3. The van der Waals surface area contributed by atoms with Crippen molar-refractivity contribution in [2.24, 2.45) is 11.8 Å². The second kappa shape index (κ2) is 29.9. The molecule has 0 aromatic carbocycles. The maximum atomic E-state index is 12.5. The molecule has 0 aromatic rings. The van der Waals surface area contributed by atoms with Gasteiger partial charge in [0.1, 0.15) is 30.5 Å². The predicted molar refractivity (Wildman–Crippen MR) is 195 cm³/mol. The normalized spacial score (nSPS) is 23.0. The van der Waals surface area contributed by atoms with E-state index < -0.39 is 42.6 Å². The number of esters is 1. The van der Waals surface area contributed by atoms with Crippen LogP contribution in [0.5, 0.6) is 0 Å². The van der Waals surface area contributed by atoms with Crippen LogP contribution >= 0.6 is 0 Å². The number of aliphatic hydroxyl groups excluding tert-OH is 4. The van der Waals surface area contributed by atoms with Gasteiger partial charge in [-0.1, -0.05) is 163 Å². The quantitative estimate of drug-likeness (QED) is 0.0401. The van der Waals surface area contributed by atoms with Crippen LogP contribution in [0.3, 0.4) is 0 Å². The summed E-state index contributed by atoms with van der Waals surface area (Å²) in [5.74, 6) is 1.16. The zero-order valence-corrected chi connectivity index (χ0v) is 31.6. The molecule has 48 heavy (non-hydrogen) atoms. The van der Waals surface area contributed by atoms with Crippen LogP contribution in [0.25, 0.3) is 0 Å². The third-order valence-electron chi connectivity index (χ3n) is 10.2. The van der Waals surface area contributed by atoms with E-state index in [1.807, 2.05) is 0 Å². The van der Waals surface area contributed by atoms with Gasteiger partial charge >= 0.3 is 5.97 Å². The van der Waals surface area contributed by atoms with Gasteiger partial charge in [0.2, 0.25) is 0 Å². The molecule has 0 aromatic heterocycles. The van der Waals surface area contributed by atoms with E-state index in [0.717, 1.165) is 43.9 Å². The van der Waals surface area contributed by atoms with Gasteiger partial charge < -0.3 is 34.6 Å². The molecule has 286 valence electrons. The number of aliphatic hydroxyl groups is 4. The van der Waals surface area contributed by atoms with Crippen LogP contribution in [0, 0.1) is 11.8 Å². The Morgan fingerprint density at radius 1 is 0.562 bits per heavy atom. The van der Waals surface area contributed by atoms with Crippen molar-refractivity contribution in [1.29, 1.82) is 0 Å².